The predicted octanol–water partition coefficient (Wildman–Crippen LogP) is 4.71. The van der Waals surface area contributed by atoms with Gasteiger partial charge in [0.05, 0.1) is 21.8 Å². The zero-order valence-electron chi connectivity index (χ0n) is 16.9. The van der Waals surface area contributed by atoms with Gasteiger partial charge in [0, 0.05) is 30.2 Å². The molecule has 1 amide bonds. The number of aryl methyl sites for hydroxylation is 2. The van der Waals surface area contributed by atoms with Crippen LogP contribution in [0.1, 0.15) is 34.4 Å². The maximum atomic E-state index is 13.7. The zero-order chi connectivity index (χ0) is 22.9. The van der Waals surface area contributed by atoms with Crippen molar-refractivity contribution in [2.75, 3.05) is 6.54 Å². The number of hydrogen-bond acceptors (Lipinski definition) is 5. The van der Waals surface area contributed by atoms with Gasteiger partial charge in [-0.05, 0) is 31.0 Å². The van der Waals surface area contributed by atoms with Gasteiger partial charge in [-0.1, -0.05) is 18.5 Å². The number of hydrogen-bond donors (Lipinski definition) is 1. The fraction of sp³-hybridized carbons (Fsp3) is 0.300. The number of thiophene rings is 1. The number of alkyl halides is 3. The minimum atomic E-state index is -4.66. The van der Waals surface area contributed by atoms with Crippen LogP contribution in [0, 0.1) is 0 Å². The molecule has 0 saturated carbocycles. The summed E-state index contributed by atoms with van der Waals surface area (Å²) in [6.07, 6.45) is -0.152. The van der Waals surface area contributed by atoms with E-state index in [1.807, 2.05) is 13.0 Å². The summed E-state index contributed by atoms with van der Waals surface area (Å²) in [4.78, 5) is 18.4. The Labute approximate surface area is 189 Å². The molecule has 7 nitrogen and oxygen atoms in total. The molecule has 168 valence electrons. The van der Waals surface area contributed by atoms with E-state index in [0.717, 1.165) is 17.4 Å². The van der Waals surface area contributed by atoms with E-state index >= 15 is 0 Å². The second-order valence-corrected chi connectivity index (χ2v) is 8.58. The van der Waals surface area contributed by atoms with Crippen LogP contribution in [0.2, 0.25) is 5.02 Å². The van der Waals surface area contributed by atoms with E-state index in [2.05, 4.69) is 20.5 Å². The maximum Gasteiger partial charge on any atom is 0.433 e. The van der Waals surface area contributed by atoms with E-state index in [0.29, 0.717) is 33.9 Å². The highest BCUT2D eigenvalue weighted by atomic mass is 35.5. The van der Waals surface area contributed by atoms with Gasteiger partial charge in [0.15, 0.2) is 17.0 Å². The molecular weight excluding hydrogens is 465 g/mol. The van der Waals surface area contributed by atoms with E-state index < -0.39 is 17.8 Å². The third kappa shape index (κ3) is 4.78. The van der Waals surface area contributed by atoms with Gasteiger partial charge >= 0.3 is 6.18 Å². The summed E-state index contributed by atoms with van der Waals surface area (Å²) in [5.41, 5.74) is -0.974. The molecule has 4 aromatic heterocycles. The number of carbonyl (C=O) groups is 1. The smallest absolute Gasteiger partial charge is 0.351 e. The number of amides is 1. The lowest BCUT2D eigenvalue weighted by molar-refractivity contribution is -0.142. The van der Waals surface area contributed by atoms with Gasteiger partial charge < -0.3 is 5.32 Å². The van der Waals surface area contributed by atoms with Crippen molar-refractivity contribution >= 4 is 34.5 Å². The monoisotopic (exact) mass is 482 g/mol. The molecule has 0 atom stereocenters. The molecular formula is C20H18ClF3N6OS. The third-order valence-electron chi connectivity index (χ3n) is 4.66. The van der Waals surface area contributed by atoms with Crippen LogP contribution < -0.4 is 5.32 Å². The summed E-state index contributed by atoms with van der Waals surface area (Å²) in [7, 11) is 0. The van der Waals surface area contributed by atoms with Crippen LogP contribution in [-0.2, 0) is 19.1 Å². The highest BCUT2D eigenvalue weighted by Gasteiger charge is 2.35. The summed E-state index contributed by atoms with van der Waals surface area (Å²) in [5, 5.41) is 11.1. The van der Waals surface area contributed by atoms with Crippen LogP contribution in [0.4, 0.5) is 13.2 Å². The molecule has 4 rings (SSSR count). The number of carbonyl (C=O) groups excluding carboxylic acids is 1. The van der Waals surface area contributed by atoms with Crippen molar-refractivity contribution < 1.29 is 18.0 Å². The molecule has 0 unspecified atom stereocenters. The maximum absolute atomic E-state index is 13.7. The van der Waals surface area contributed by atoms with Crippen molar-refractivity contribution in [3.8, 4) is 10.6 Å². The summed E-state index contributed by atoms with van der Waals surface area (Å²) < 4.78 is 43.4. The number of nitrogens with zero attached hydrogens (tertiary/aromatic N) is 5. The Kier molecular flexibility index (Phi) is 6.20. The Bertz CT molecular complexity index is 1260. The third-order valence-corrected chi connectivity index (χ3v) is 6.11. The number of rotatable bonds is 7. The van der Waals surface area contributed by atoms with E-state index in [1.165, 1.54) is 23.6 Å². The molecule has 1 N–H and O–H groups in total. The average molecular weight is 483 g/mol. The molecule has 0 fully saturated rings. The van der Waals surface area contributed by atoms with Crippen molar-refractivity contribution in [1.82, 2.24) is 29.7 Å². The molecule has 0 aromatic carbocycles. The number of aromatic nitrogens is 5. The van der Waals surface area contributed by atoms with Gasteiger partial charge in [0.25, 0.3) is 5.91 Å². The zero-order valence-corrected chi connectivity index (χ0v) is 18.4. The molecule has 0 bridgehead atoms. The van der Waals surface area contributed by atoms with E-state index in [1.54, 1.807) is 16.9 Å². The lowest BCUT2D eigenvalue weighted by Crippen LogP contribution is -2.26. The normalized spacial score (nSPS) is 11.9. The summed E-state index contributed by atoms with van der Waals surface area (Å²) >= 11 is 7.18. The second kappa shape index (κ2) is 8.91. The van der Waals surface area contributed by atoms with Crippen molar-refractivity contribution in [3.63, 3.8) is 0 Å². The van der Waals surface area contributed by atoms with Crippen molar-refractivity contribution in [2.45, 2.75) is 32.5 Å². The van der Waals surface area contributed by atoms with Gasteiger partial charge in [-0.2, -0.15) is 23.4 Å². The molecule has 0 aliphatic carbocycles. The Balaban J connectivity index is 1.55. The first kappa shape index (κ1) is 22.3. The second-order valence-electron chi connectivity index (χ2n) is 6.97. The van der Waals surface area contributed by atoms with E-state index in [-0.39, 0.29) is 17.0 Å². The summed E-state index contributed by atoms with van der Waals surface area (Å²) in [6, 6.07) is 5.84. The molecule has 4 aromatic rings. The Morgan fingerprint density at radius 3 is 2.75 bits per heavy atom. The first-order valence-electron chi connectivity index (χ1n) is 9.78. The van der Waals surface area contributed by atoms with Crippen molar-refractivity contribution in [2.24, 2.45) is 0 Å². The van der Waals surface area contributed by atoms with E-state index in [4.69, 9.17) is 11.6 Å². The number of nitrogens with one attached hydrogen (secondary N) is 1. The lowest BCUT2D eigenvalue weighted by atomic mass is 10.2. The molecule has 0 saturated heterocycles. The fourth-order valence-corrected chi connectivity index (χ4v) is 4.18. The van der Waals surface area contributed by atoms with Crippen LogP contribution in [0.15, 0.2) is 36.7 Å². The van der Waals surface area contributed by atoms with Crippen LogP contribution in [0.5, 0.6) is 0 Å². The van der Waals surface area contributed by atoms with Gasteiger partial charge in [-0.15, -0.1) is 11.3 Å². The topological polar surface area (TPSA) is 77.1 Å². The van der Waals surface area contributed by atoms with Crippen LogP contribution in [0.3, 0.4) is 0 Å². The minimum Gasteiger partial charge on any atom is -0.351 e. The molecule has 12 heteroatoms. The van der Waals surface area contributed by atoms with Gasteiger partial charge in [0.2, 0.25) is 0 Å². The number of halogens is 4. The largest absolute Gasteiger partial charge is 0.433 e. The molecule has 0 aliphatic heterocycles. The predicted molar refractivity (Wildman–Crippen MR) is 115 cm³/mol. The fourth-order valence-electron chi connectivity index (χ4n) is 3.11. The average Bonchev–Trinajstić information content (AvgIpc) is 3.48. The van der Waals surface area contributed by atoms with Gasteiger partial charge in [0.1, 0.15) is 0 Å². The number of fused-ring (bicyclic) bond motifs is 1. The standard InChI is InChI=1S/C20H18ClF3N6OS/c1-2-13-4-5-16(32-13)14-8-17(20(22,23)24)30-18(27-14)9-15(28-30)19(31)25-6-3-7-29-11-12(21)10-26-29/h4-5,8-11H,2-3,6-7H2,1H3,(H,25,31). The van der Waals surface area contributed by atoms with Crippen LogP contribution in [-0.4, -0.2) is 36.8 Å². The van der Waals surface area contributed by atoms with Crippen molar-refractivity contribution in [3.05, 3.63) is 57.9 Å². The molecule has 4 heterocycles. The molecule has 0 aliphatic rings. The van der Waals surface area contributed by atoms with Gasteiger partial charge in [-0.25, -0.2) is 9.50 Å². The Morgan fingerprint density at radius 2 is 2.09 bits per heavy atom. The Morgan fingerprint density at radius 1 is 1.28 bits per heavy atom. The lowest BCUT2D eigenvalue weighted by Gasteiger charge is -2.10. The molecule has 0 spiro atoms. The highest BCUT2D eigenvalue weighted by Crippen LogP contribution is 2.34. The Hall–Kier alpha value is -2.92. The SMILES string of the molecule is CCc1ccc(-c2cc(C(F)(F)F)n3nc(C(=O)NCCCn4cc(Cl)cn4)cc3n2)s1. The molecule has 0 radical (unpaired) electrons. The van der Waals surface area contributed by atoms with Crippen molar-refractivity contribution in [1.29, 1.82) is 0 Å². The van der Waals surface area contributed by atoms with Gasteiger partial charge in [-0.3, -0.25) is 9.48 Å². The summed E-state index contributed by atoms with van der Waals surface area (Å²) in [5.74, 6) is -0.576. The van der Waals surface area contributed by atoms with Crippen LogP contribution >= 0.6 is 22.9 Å². The first-order chi connectivity index (χ1) is 15.2. The quantitative estimate of drug-likeness (QED) is 0.387. The van der Waals surface area contributed by atoms with E-state index in [9.17, 15) is 18.0 Å². The molecule has 32 heavy (non-hydrogen) atoms. The summed E-state index contributed by atoms with van der Waals surface area (Å²) in [6.45, 7) is 2.80. The van der Waals surface area contributed by atoms with Crippen LogP contribution in [0.25, 0.3) is 16.2 Å². The first-order valence-corrected chi connectivity index (χ1v) is 11.0. The minimum absolute atomic E-state index is 0.0439. The highest BCUT2D eigenvalue weighted by molar-refractivity contribution is 7.15.